The number of fused-ring (bicyclic) bond motifs is 1. The van der Waals surface area contributed by atoms with Crippen molar-refractivity contribution in [3.05, 3.63) is 35.7 Å². The van der Waals surface area contributed by atoms with Gasteiger partial charge < -0.3 is 0 Å². The summed E-state index contributed by atoms with van der Waals surface area (Å²) in [6, 6.07) is 3.89. The second-order valence-corrected chi connectivity index (χ2v) is 3.18. The van der Waals surface area contributed by atoms with Crippen molar-refractivity contribution in [1.29, 1.82) is 0 Å². The van der Waals surface area contributed by atoms with Crippen LogP contribution in [0.15, 0.2) is 24.4 Å². The van der Waals surface area contributed by atoms with Crippen molar-refractivity contribution in [2.45, 2.75) is 13.1 Å². The van der Waals surface area contributed by atoms with E-state index in [0.29, 0.717) is 5.69 Å². The molecule has 0 aliphatic carbocycles. The molecule has 2 aromatic rings. The van der Waals surface area contributed by atoms with E-state index < -0.39 is 11.7 Å². The largest absolute Gasteiger partial charge is 0.417 e. The lowest BCUT2D eigenvalue weighted by atomic mass is 10.1. The maximum atomic E-state index is 12.6. The molecule has 0 saturated carbocycles. The molecule has 0 saturated heterocycles. The summed E-state index contributed by atoms with van der Waals surface area (Å²) in [5.74, 6) is 0. The quantitative estimate of drug-likeness (QED) is 0.670. The van der Waals surface area contributed by atoms with Crippen LogP contribution < -0.4 is 0 Å². The molecule has 0 amide bonds. The Bertz CT molecular complexity index is 505. The third kappa shape index (κ3) is 1.77. The number of aryl methyl sites for hydroxylation is 1. The summed E-state index contributed by atoms with van der Waals surface area (Å²) in [5, 5.41) is 0.0376. The monoisotopic (exact) mass is 212 g/mol. The van der Waals surface area contributed by atoms with E-state index in [1.54, 1.807) is 13.0 Å². The molecule has 0 aromatic carbocycles. The molecule has 2 nitrogen and oxygen atoms in total. The van der Waals surface area contributed by atoms with Crippen LogP contribution in [0.25, 0.3) is 11.0 Å². The Labute approximate surface area is 83.8 Å². The third-order valence-corrected chi connectivity index (χ3v) is 2.05. The van der Waals surface area contributed by atoms with Crippen molar-refractivity contribution in [2.24, 2.45) is 0 Å². The van der Waals surface area contributed by atoms with Crippen molar-refractivity contribution in [1.82, 2.24) is 9.97 Å². The Morgan fingerprint density at radius 3 is 2.53 bits per heavy atom. The predicted octanol–water partition coefficient (Wildman–Crippen LogP) is 2.96. The lowest BCUT2D eigenvalue weighted by Gasteiger charge is -2.09. The van der Waals surface area contributed by atoms with Crippen molar-refractivity contribution < 1.29 is 13.2 Å². The zero-order valence-electron chi connectivity index (χ0n) is 7.84. The molecule has 0 radical (unpaired) electrons. The molecule has 2 aromatic heterocycles. The topological polar surface area (TPSA) is 25.8 Å². The molecule has 0 aliphatic heterocycles. The van der Waals surface area contributed by atoms with Gasteiger partial charge in [-0.15, -0.1) is 0 Å². The Morgan fingerprint density at radius 2 is 1.87 bits per heavy atom. The summed E-state index contributed by atoms with van der Waals surface area (Å²) in [5.41, 5.74) is 0.0825. The first kappa shape index (κ1) is 9.89. The predicted molar refractivity (Wildman–Crippen MR) is 49.3 cm³/mol. The molecular weight excluding hydrogens is 205 g/mol. The summed E-state index contributed by atoms with van der Waals surface area (Å²) in [6.45, 7) is 1.71. The summed E-state index contributed by atoms with van der Waals surface area (Å²) >= 11 is 0. The van der Waals surface area contributed by atoms with Gasteiger partial charge in [-0.2, -0.15) is 13.2 Å². The highest BCUT2D eigenvalue weighted by Crippen LogP contribution is 2.33. The summed E-state index contributed by atoms with van der Waals surface area (Å²) in [4.78, 5) is 7.74. The van der Waals surface area contributed by atoms with Crippen molar-refractivity contribution >= 4 is 11.0 Å². The van der Waals surface area contributed by atoms with Gasteiger partial charge in [0.15, 0.2) is 5.65 Å². The normalized spacial score (nSPS) is 12.0. The molecule has 0 aliphatic rings. The maximum Gasteiger partial charge on any atom is 0.417 e. The van der Waals surface area contributed by atoms with Gasteiger partial charge in [0, 0.05) is 17.3 Å². The highest BCUT2D eigenvalue weighted by Gasteiger charge is 2.32. The average molecular weight is 212 g/mol. The SMILES string of the molecule is Cc1ccc2c(C(F)(F)F)ccnc2n1. The van der Waals surface area contributed by atoms with E-state index in [4.69, 9.17) is 0 Å². The number of hydrogen-bond donors (Lipinski definition) is 0. The van der Waals surface area contributed by atoms with Gasteiger partial charge in [-0.3, -0.25) is 0 Å². The fourth-order valence-corrected chi connectivity index (χ4v) is 1.37. The standard InChI is InChI=1S/C10H7F3N2/c1-6-2-3-7-8(10(11,12)13)4-5-14-9(7)15-6/h2-5H,1H3. The van der Waals surface area contributed by atoms with Gasteiger partial charge >= 0.3 is 6.18 Å². The Hall–Kier alpha value is -1.65. The van der Waals surface area contributed by atoms with Gasteiger partial charge in [0.25, 0.3) is 0 Å². The Morgan fingerprint density at radius 1 is 1.13 bits per heavy atom. The molecule has 5 heteroatoms. The molecule has 2 heterocycles. The summed E-state index contributed by atoms with van der Waals surface area (Å²) < 4.78 is 37.7. The first-order valence-electron chi connectivity index (χ1n) is 4.28. The molecule has 0 N–H and O–H groups in total. The highest BCUT2D eigenvalue weighted by atomic mass is 19.4. The van der Waals surface area contributed by atoms with Crippen LogP contribution in [0.3, 0.4) is 0 Å². The second kappa shape index (κ2) is 3.18. The molecule has 0 atom stereocenters. The van der Waals surface area contributed by atoms with Crippen LogP contribution in [0.1, 0.15) is 11.3 Å². The highest BCUT2D eigenvalue weighted by molar-refractivity contribution is 5.79. The van der Waals surface area contributed by atoms with Crippen LogP contribution in [-0.4, -0.2) is 9.97 Å². The van der Waals surface area contributed by atoms with Crippen molar-refractivity contribution in [2.75, 3.05) is 0 Å². The van der Waals surface area contributed by atoms with Gasteiger partial charge in [0.05, 0.1) is 5.56 Å². The van der Waals surface area contributed by atoms with E-state index in [1.807, 2.05) is 0 Å². The molecule has 15 heavy (non-hydrogen) atoms. The number of aromatic nitrogens is 2. The van der Waals surface area contributed by atoms with Crippen molar-refractivity contribution in [3.8, 4) is 0 Å². The Kier molecular flexibility index (Phi) is 2.10. The minimum Gasteiger partial charge on any atom is -0.237 e. The lowest BCUT2D eigenvalue weighted by Crippen LogP contribution is -2.06. The number of rotatable bonds is 0. The Balaban J connectivity index is 2.77. The van der Waals surface area contributed by atoms with Crippen LogP contribution >= 0.6 is 0 Å². The average Bonchev–Trinajstić information content (AvgIpc) is 2.15. The fraction of sp³-hybridized carbons (Fsp3) is 0.200. The first-order chi connectivity index (χ1) is 6.98. The van der Waals surface area contributed by atoms with Gasteiger partial charge in [0.1, 0.15) is 0 Å². The van der Waals surface area contributed by atoms with E-state index in [-0.39, 0.29) is 11.0 Å². The number of nitrogens with zero attached hydrogens (tertiary/aromatic N) is 2. The molecule has 0 fully saturated rings. The minimum atomic E-state index is -4.36. The van der Waals surface area contributed by atoms with Crippen LogP contribution in [0.5, 0.6) is 0 Å². The van der Waals surface area contributed by atoms with Crippen molar-refractivity contribution in [3.63, 3.8) is 0 Å². The van der Waals surface area contributed by atoms with Gasteiger partial charge in [-0.25, -0.2) is 9.97 Å². The van der Waals surface area contributed by atoms with E-state index in [2.05, 4.69) is 9.97 Å². The minimum absolute atomic E-state index is 0.0376. The molecule has 2 rings (SSSR count). The third-order valence-electron chi connectivity index (χ3n) is 2.05. The maximum absolute atomic E-state index is 12.6. The summed E-state index contributed by atoms with van der Waals surface area (Å²) in [7, 11) is 0. The van der Waals surface area contributed by atoms with E-state index in [0.717, 1.165) is 12.3 Å². The number of alkyl halides is 3. The van der Waals surface area contributed by atoms with Gasteiger partial charge in [-0.05, 0) is 25.1 Å². The van der Waals surface area contributed by atoms with E-state index in [1.165, 1.54) is 6.07 Å². The van der Waals surface area contributed by atoms with Crippen LogP contribution in [0.4, 0.5) is 13.2 Å². The van der Waals surface area contributed by atoms with Crippen LogP contribution in [-0.2, 0) is 6.18 Å². The smallest absolute Gasteiger partial charge is 0.237 e. The number of pyridine rings is 2. The lowest BCUT2D eigenvalue weighted by molar-refractivity contribution is -0.136. The molecule has 78 valence electrons. The van der Waals surface area contributed by atoms with Crippen LogP contribution in [0.2, 0.25) is 0 Å². The molecule has 0 bridgehead atoms. The molecular formula is C10H7F3N2. The van der Waals surface area contributed by atoms with E-state index in [9.17, 15) is 13.2 Å². The fourth-order valence-electron chi connectivity index (χ4n) is 1.37. The van der Waals surface area contributed by atoms with E-state index >= 15 is 0 Å². The molecule has 0 unspecified atom stereocenters. The number of hydrogen-bond acceptors (Lipinski definition) is 2. The second-order valence-electron chi connectivity index (χ2n) is 3.18. The van der Waals surface area contributed by atoms with Crippen LogP contribution in [0, 0.1) is 6.92 Å². The zero-order valence-corrected chi connectivity index (χ0v) is 7.84. The molecule has 0 spiro atoms. The van der Waals surface area contributed by atoms with Gasteiger partial charge in [0.2, 0.25) is 0 Å². The number of halogens is 3. The summed E-state index contributed by atoms with van der Waals surface area (Å²) in [6.07, 6.45) is -3.24. The first-order valence-corrected chi connectivity index (χ1v) is 4.28. The van der Waals surface area contributed by atoms with Gasteiger partial charge in [-0.1, -0.05) is 0 Å². The zero-order chi connectivity index (χ0) is 11.1.